The first-order chi connectivity index (χ1) is 13.7. The second-order valence-electron chi connectivity index (χ2n) is 6.47. The van der Waals surface area contributed by atoms with E-state index in [1.54, 1.807) is 6.07 Å². The van der Waals surface area contributed by atoms with E-state index in [4.69, 9.17) is 9.47 Å². The summed E-state index contributed by atoms with van der Waals surface area (Å²) in [6.07, 6.45) is 0. The van der Waals surface area contributed by atoms with Crippen LogP contribution in [0.15, 0.2) is 48.2 Å². The van der Waals surface area contributed by atoms with Gasteiger partial charge < -0.3 is 19.7 Å². The lowest BCUT2D eigenvalue weighted by molar-refractivity contribution is 0.0220. The number of rotatable bonds is 0. The summed E-state index contributed by atoms with van der Waals surface area (Å²) in [5, 5.41) is 20.1. The number of aromatic hydroxyl groups is 2. The molecule has 9 heteroatoms. The Morgan fingerprint density at radius 3 is 2.38 bits per heavy atom. The minimum atomic E-state index is -1.38. The molecule has 5 rings (SSSR count). The van der Waals surface area contributed by atoms with Crippen molar-refractivity contribution >= 4 is 69.7 Å². The Kier molecular flexibility index (Phi) is 4.33. The van der Waals surface area contributed by atoms with Gasteiger partial charge in [-0.25, -0.2) is 4.79 Å². The van der Waals surface area contributed by atoms with Crippen LogP contribution in [0.1, 0.15) is 27.0 Å². The number of esters is 1. The maximum atomic E-state index is 13.0. The highest BCUT2D eigenvalue weighted by molar-refractivity contribution is 9.14. The fourth-order valence-corrected chi connectivity index (χ4v) is 6.11. The van der Waals surface area contributed by atoms with Crippen molar-refractivity contribution in [2.24, 2.45) is 0 Å². The van der Waals surface area contributed by atoms with Crippen LogP contribution in [-0.2, 0) is 10.3 Å². The van der Waals surface area contributed by atoms with Crippen LogP contribution < -0.4 is 4.74 Å². The number of hydrogen-bond acceptors (Lipinski definition) is 5. The number of hydrogen-bond donors (Lipinski definition) is 2. The summed E-state index contributed by atoms with van der Waals surface area (Å²) >= 11 is 14.0. The summed E-state index contributed by atoms with van der Waals surface area (Å²) in [7, 11) is 0. The van der Waals surface area contributed by atoms with Gasteiger partial charge in [0.25, 0.3) is 0 Å². The number of benzene rings is 3. The van der Waals surface area contributed by atoms with Crippen molar-refractivity contribution in [3.63, 3.8) is 0 Å². The number of ether oxygens (including phenoxy) is 2. The van der Waals surface area contributed by atoms with E-state index in [-0.39, 0.29) is 17.1 Å². The van der Waals surface area contributed by atoms with Crippen LogP contribution in [0.25, 0.3) is 0 Å². The molecule has 1 radical (unpaired) electrons. The molecule has 5 nitrogen and oxygen atoms in total. The highest BCUT2D eigenvalue weighted by atomic mass is 79.9. The molecule has 2 N–H and O–H groups in total. The van der Waals surface area contributed by atoms with E-state index in [2.05, 4.69) is 69.8 Å². The van der Waals surface area contributed by atoms with Gasteiger partial charge >= 0.3 is 5.97 Å². The normalized spacial score (nSPS) is 18.7. The second kappa shape index (κ2) is 6.47. The zero-order chi connectivity index (χ0) is 20.7. The molecule has 2 heterocycles. The van der Waals surface area contributed by atoms with Crippen LogP contribution in [0.4, 0.5) is 0 Å². The minimum absolute atomic E-state index is 0.00581. The second-order valence-corrected chi connectivity index (χ2v) is 9.70. The van der Waals surface area contributed by atoms with Crippen LogP contribution in [0, 0.1) is 6.07 Å². The van der Waals surface area contributed by atoms with Gasteiger partial charge in [-0.2, -0.15) is 0 Å². The van der Waals surface area contributed by atoms with Gasteiger partial charge in [-0.15, -0.1) is 0 Å². The lowest BCUT2D eigenvalue weighted by atomic mass is 9.77. The van der Waals surface area contributed by atoms with Crippen molar-refractivity contribution in [3.05, 3.63) is 76.5 Å². The van der Waals surface area contributed by atoms with Gasteiger partial charge in [0.05, 0.1) is 11.1 Å². The van der Waals surface area contributed by atoms with E-state index >= 15 is 0 Å². The van der Waals surface area contributed by atoms with E-state index in [0.717, 1.165) is 0 Å². The van der Waals surface area contributed by atoms with Crippen molar-refractivity contribution in [2.75, 3.05) is 0 Å². The van der Waals surface area contributed by atoms with Crippen molar-refractivity contribution < 1.29 is 24.5 Å². The number of carbonyl (C=O) groups excluding carboxylic acids is 1. The Balaban J connectivity index is 1.98. The summed E-state index contributed by atoms with van der Waals surface area (Å²) < 4.78 is 14.4. The first-order valence-electron chi connectivity index (χ1n) is 8.12. The zero-order valence-corrected chi connectivity index (χ0v) is 20.4. The number of fused-ring (bicyclic) bond motifs is 6. The van der Waals surface area contributed by atoms with E-state index in [0.29, 0.717) is 46.1 Å². The molecule has 1 atom stereocenters. The van der Waals surface area contributed by atoms with E-state index < -0.39 is 11.6 Å². The molecule has 3 aromatic carbocycles. The van der Waals surface area contributed by atoms with Crippen molar-refractivity contribution in [2.45, 2.75) is 5.60 Å². The lowest BCUT2D eigenvalue weighted by Gasteiger charge is -2.37. The number of halogens is 4. The zero-order valence-electron chi connectivity index (χ0n) is 14.0. The molecule has 3 aromatic rings. The van der Waals surface area contributed by atoms with Gasteiger partial charge in [-0.05, 0) is 66.0 Å². The van der Waals surface area contributed by atoms with Crippen LogP contribution in [-0.4, -0.2) is 16.2 Å². The quantitative estimate of drug-likeness (QED) is 0.215. The maximum absolute atomic E-state index is 13.0. The fourth-order valence-electron chi connectivity index (χ4n) is 3.76. The monoisotopic (exact) mass is 643 g/mol. The van der Waals surface area contributed by atoms with Crippen LogP contribution in [0.5, 0.6) is 23.0 Å². The molecule has 1 spiro atoms. The van der Waals surface area contributed by atoms with Gasteiger partial charge in [0.15, 0.2) is 5.60 Å². The minimum Gasteiger partial charge on any atom is -0.508 e. The predicted octanol–water partition coefficient (Wildman–Crippen LogP) is 6.52. The molecule has 145 valence electrons. The van der Waals surface area contributed by atoms with Crippen molar-refractivity contribution in [3.8, 4) is 23.0 Å². The molecule has 2 aliphatic rings. The largest absolute Gasteiger partial charge is 0.508 e. The standard InChI is InChI=1S/C20H7Br4O5/c21-11-3-8(26)5-14-16(11)20(10-2-1-7(25)4-13(10)28-14)15-9(19(27)29-20)6-12(22)17(23)18(15)24/h1-5,25-26H. The van der Waals surface area contributed by atoms with E-state index in [1.165, 1.54) is 24.3 Å². The first kappa shape index (κ1) is 19.4. The summed E-state index contributed by atoms with van der Waals surface area (Å²) in [5.41, 5.74) is 0.474. The highest BCUT2D eigenvalue weighted by Gasteiger charge is 2.56. The van der Waals surface area contributed by atoms with E-state index in [9.17, 15) is 15.0 Å². The molecule has 29 heavy (non-hydrogen) atoms. The number of carbonyl (C=O) groups is 1. The Hall–Kier alpha value is -1.55. The average molecular weight is 647 g/mol. The smallest absolute Gasteiger partial charge is 0.340 e. The molecule has 0 bridgehead atoms. The van der Waals surface area contributed by atoms with Gasteiger partial charge in [-0.3, -0.25) is 0 Å². The van der Waals surface area contributed by atoms with Gasteiger partial charge in [0, 0.05) is 47.2 Å². The topological polar surface area (TPSA) is 76.0 Å². The molecule has 0 fully saturated rings. The van der Waals surface area contributed by atoms with Gasteiger partial charge in [0.2, 0.25) is 0 Å². The fraction of sp³-hybridized carbons (Fsp3) is 0.0500. The average Bonchev–Trinajstić information content (AvgIpc) is 2.91. The van der Waals surface area contributed by atoms with Crippen LogP contribution >= 0.6 is 63.7 Å². The molecular formula is C20H7Br4O5. The third-order valence-electron chi connectivity index (χ3n) is 4.85. The maximum Gasteiger partial charge on any atom is 0.340 e. The van der Waals surface area contributed by atoms with Crippen molar-refractivity contribution in [1.29, 1.82) is 0 Å². The van der Waals surface area contributed by atoms with Gasteiger partial charge in [-0.1, -0.05) is 15.9 Å². The Morgan fingerprint density at radius 2 is 1.62 bits per heavy atom. The summed E-state index contributed by atoms with van der Waals surface area (Å²) in [5.74, 6) is 0.0131. The Bertz CT molecular complexity index is 1260. The highest BCUT2D eigenvalue weighted by Crippen LogP contribution is 2.61. The summed E-state index contributed by atoms with van der Waals surface area (Å²) in [6.45, 7) is 0. The molecule has 0 saturated heterocycles. The molecular weight excluding hydrogens is 640 g/mol. The molecule has 0 aromatic heterocycles. The van der Waals surface area contributed by atoms with E-state index in [1.807, 2.05) is 0 Å². The first-order valence-corrected chi connectivity index (χ1v) is 11.3. The molecule has 1 unspecified atom stereocenters. The molecule has 2 aliphatic heterocycles. The third-order valence-corrected chi connectivity index (χ3v) is 8.72. The van der Waals surface area contributed by atoms with Gasteiger partial charge in [0.1, 0.15) is 23.0 Å². The SMILES string of the molecule is O=C1OC2(c3ccc(O)cc3Oc3cc(O)cc(Br)c32)c2c1[c]c(Br)c(Br)c2Br. The lowest BCUT2D eigenvalue weighted by Crippen LogP contribution is -2.33. The number of phenolic OH excluding ortho intramolecular Hbond substituents is 2. The summed E-state index contributed by atoms with van der Waals surface area (Å²) in [6, 6.07) is 10.6. The Morgan fingerprint density at radius 1 is 0.897 bits per heavy atom. The number of phenols is 2. The summed E-state index contributed by atoms with van der Waals surface area (Å²) in [4.78, 5) is 13.0. The molecule has 0 aliphatic carbocycles. The van der Waals surface area contributed by atoms with Crippen LogP contribution in [0.3, 0.4) is 0 Å². The van der Waals surface area contributed by atoms with Crippen LogP contribution in [0.2, 0.25) is 0 Å². The Labute approximate surface area is 198 Å². The molecule has 0 amide bonds. The third kappa shape index (κ3) is 2.57. The molecule has 0 saturated carbocycles. The predicted molar refractivity (Wildman–Crippen MR) is 118 cm³/mol. The van der Waals surface area contributed by atoms with Crippen molar-refractivity contribution in [1.82, 2.24) is 0 Å².